The lowest BCUT2D eigenvalue weighted by Crippen LogP contribution is -2.30. The van der Waals surface area contributed by atoms with E-state index in [0.717, 1.165) is 0 Å². The standard InChI is InChI=1S/C6H10O4.H2O/c7-3-1-9-6-4(8)2-10-5(3)6;/h3-8H,1-2H2;1H2/t3-,4+,5-,6-;/m1./s1. The summed E-state index contributed by atoms with van der Waals surface area (Å²) in [7, 11) is 0. The van der Waals surface area contributed by atoms with Gasteiger partial charge in [-0.3, -0.25) is 0 Å². The molecule has 5 heteroatoms. The second kappa shape index (κ2) is 3.04. The summed E-state index contributed by atoms with van der Waals surface area (Å²) in [5.74, 6) is 0. The molecule has 2 rings (SSSR count). The van der Waals surface area contributed by atoms with Gasteiger partial charge in [-0.05, 0) is 0 Å². The van der Waals surface area contributed by atoms with Crippen molar-refractivity contribution < 1.29 is 25.2 Å². The van der Waals surface area contributed by atoms with Crippen molar-refractivity contribution in [2.75, 3.05) is 13.2 Å². The van der Waals surface area contributed by atoms with E-state index >= 15 is 0 Å². The van der Waals surface area contributed by atoms with E-state index in [1.165, 1.54) is 0 Å². The van der Waals surface area contributed by atoms with Crippen LogP contribution >= 0.6 is 0 Å². The van der Waals surface area contributed by atoms with Crippen LogP contribution in [-0.4, -0.2) is 53.3 Å². The predicted molar refractivity (Wildman–Crippen MR) is 35.1 cm³/mol. The van der Waals surface area contributed by atoms with Crippen LogP contribution in [0.25, 0.3) is 0 Å². The smallest absolute Gasteiger partial charge is 0.114 e. The number of hydrogen-bond donors (Lipinski definition) is 2. The van der Waals surface area contributed by atoms with Crippen molar-refractivity contribution in [3.05, 3.63) is 0 Å². The van der Waals surface area contributed by atoms with E-state index in [2.05, 4.69) is 0 Å². The van der Waals surface area contributed by atoms with Crippen molar-refractivity contribution in [3.8, 4) is 0 Å². The Kier molecular flexibility index (Phi) is 2.46. The van der Waals surface area contributed by atoms with Crippen LogP contribution in [0, 0.1) is 0 Å². The van der Waals surface area contributed by atoms with Gasteiger partial charge in [0.2, 0.25) is 0 Å². The fraction of sp³-hybridized carbons (Fsp3) is 1.00. The SMILES string of the molecule is O.O[C@@H]1CO[C@H]2[C@@H]1OC[C@@H]2O. The molecule has 66 valence electrons. The maximum atomic E-state index is 9.16. The lowest BCUT2D eigenvalue weighted by Gasteiger charge is -2.09. The molecule has 0 aromatic rings. The summed E-state index contributed by atoms with van der Waals surface area (Å²) in [5.41, 5.74) is 0. The van der Waals surface area contributed by atoms with Crippen LogP contribution in [0.4, 0.5) is 0 Å². The highest BCUT2D eigenvalue weighted by atomic mass is 16.6. The number of hydrogen-bond acceptors (Lipinski definition) is 4. The highest BCUT2D eigenvalue weighted by Gasteiger charge is 2.46. The van der Waals surface area contributed by atoms with Crippen LogP contribution in [-0.2, 0) is 9.47 Å². The Morgan fingerprint density at radius 2 is 1.27 bits per heavy atom. The van der Waals surface area contributed by atoms with Crippen molar-refractivity contribution in [1.82, 2.24) is 0 Å². The highest BCUT2D eigenvalue weighted by Crippen LogP contribution is 2.26. The van der Waals surface area contributed by atoms with Crippen molar-refractivity contribution >= 4 is 0 Å². The fourth-order valence-electron chi connectivity index (χ4n) is 1.46. The third-order valence-electron chi connectivity index (χ3n) is 2.00. The van der Waals surface area contributed by atoms with E-state index in [1.807, 2.05) is 0 Å². The first-order valence-electron chi connectivity index (χ1n) is 3.38. The average molecular weight is 164 g/mol. The lowest BCUT2D eigenvalue weighted by molar-refractivity contribution is 0.00205. The highest BCUT2D eigenvalue weighted by molar-refractivity contribution is 4.93. The van der Waals surface area contributed by atoms with Gasteiger partial charge in [0.25, 0.3) is 0 Å². The first kappa shape index (κ1) is 8.89. The molecule has 0 aromatic heterocycles. The molecule has 0 aromatic carbocycles. The molecule has 2 aliphatic heterocycles. The quantitative estimate of drug-likeness (QED) is 0.420. The average Bonchev–Trinajstić information content (AvgIpc) is 2.41. The van der Waals surface area contributed by atoms with Gasteiger partial charge < -0.3 is 25.2 Å². The topological polar surface area (TPSA) is 90.4 Å². The van der Waals surface area contributed by atoms with Gasteiger partial charge in [-0.15, -0.1) is 0 Å². The van der Waals surface area contributed by atoms with E-state index in [1.54, 1.807) is 0 Å². The molecule has 11 heavy (non-hydrogen) atoms. The summed E-state index contributed by atoms with van der Waals surface area (Å²) in [6, 6.07) is 0. The number of ether oxygens (including phenoxy) is 2. The van der Waals surface area contributed by atoms with E-state index in [4.69, 9.17) is 19.7 Å². The Morgan fingerprint density at radius 3 is 1.64 bits per heavy atom. The second-order valence-electron chi connectivity index (χ2n) is 2.73. The van der Waals surface area contributed by atoms with Gasteiger partial charge in [0.15, 0.2) is 0 Å². The van der Waals surface area contributed by atoms with E-state index in [-0.39, 0.29) is 30.9 Å². The van der Waals surface area contributed by atoms with Gasteiger partial charge in [-0.1, -0.05) is 0 Å². The first-order valence-corrected chi connectivity index (χ1v) is 3.38. The number of aliphatic hydroxyl groups excluding tert-OH is 2. The van der Waals surface area contributed by atoms with Gasteiger partial charge in [-0.25, -0.2) is 0 Å². The largest absolute Gasteiger partial charge is 0.412 e. The summed E-state index contributed by atoms with van der Waals surface area (Å²) in [6.07, 6.45) is -1.70. The van der Waals surface area contributed by atoms with Crippen molar-refractivity contribution in [2.24, 2.45) is 0 Å². The van der Waals surface area contributed by atoms with E-state index in [0.29, 0.717) is 0 Å². The summed E-state index contributed by atoms with van der Waals surface area (Å²) >= 11 is 0. The Hall–Kier alpha value is -0.200. The fourth-order valence-corrected chi connectivity index (χ4v) is 1.46. The Balaban J connectivity index is 0.000000605. The number of aliphatic hydroxyl groups is 2. The molecule has 4 N–H and O–H groups in total. The van der Waals surface area contributed by atoms with Crippen molar-refractivity contribution in [3.63, 3.8) is 0 Å². The van der Waals surface area contributed by atoms with Crippen LogP contribution in [0.1, 0.15) is 0 Å². The molecular formula is C6H12O5. The first-order chi connectivity index (χ1) is 4.79. The van der Waals surface area contributed by atoms with Crippen molar-refractivity contribution in [2.45, 2.75) is 24.4 Å². The van der Waals surface area contributed by atoms with E-state index < -0.39 is 12.2 Å². The van der Waals surface area contributed by atoms with E-state index in [9.17, 15) is 0 Å². The molecule has 0 amide bonds. The maximum absolute atomic E-state index is 9.16. The summed E-state index contributed by atoms with van der Waals surface area (Å²) < 4.78 is 10.2. The zero-order chi connectivity index (χ0) is 7.14. The van der Waals surface area contributed by atoms with Gasteiger partial charge in [0.1, 0.15) is 24.4 Å². The van der Waals surface area contributed by atoms with Crippen molar-refractivity contribution in [1.29, 1.82) is 0 Å². The molecule has 2 aliphatic rings. The summed E-state index contributed by atoms with van der Waals surface area (Å²) in [5, 5.41) is 18.3. The zero-order valence-corrected chi connectivity index (χ0v) is 5.93. The van der Waals surface area contributed by atoms with Crippen LogP contribution in [0.5, 0.6) is 0 Å². The minimum atomic E-state index is -0.554. The molecule has 2 saturated heterocycles. The lowest BCUT2D eigenvalue weighted by atomic mass is 10.1. The van der Waals surface area contributed by atoms with Gasteiger partial charge in [0, 0.05) is 0 Å². The Labute approximate surface area is 63.8 Å². The molecule has 2 heterocycles. The summed E-state index contributed by atoms with van der Waals surface area (Å²) in [6.45, 7) is 0.568. The molecular weight excluding hydrogens is 152 g/mol. The third-order valence-corrected chi connectivity index (χ3v) is 2.00. The molecule has 2 fully saturated rings. The summed E-state index contributed by atoms with van der Waals surface area (Å²) in [4.78, 5) is 0. The zero-order valence-electron chi connectivity index (χ0n) is 5.93. The molecule has 5 nitrogen and oxygen atoms in total. The Morgan fingerprint density at radius 1 is 0.909 bits per heavy atom. The molecule has 4 atom stereocenters. The molecule has 0 spiro atoms. The number of rotatable bonds is 0. The maximum Gasteiger partial charge on any atom is 0.114 e. The van der Waals surface area contributed by atoms with Crippen LogP contribution in [0.3, 0.4) is 0 Å². The monoisotopic (exact) mass is 164 g/mol. The Bertz CT molecular complexity index is 123. The molecule has 0 bridgehead atoms. The second-order valence-corrected chi connectivity index (χ2v) is 2.73. The third kappa shape index (κ3) is 1.25. The minimum absolute atomic E-state index is 0. The minimum Gasteiger partial charge on any atom is -0.412 e. The molecule has 0 aliphatic carbocycles. The van der Waals surface area contributed by atoms with Crippen LogP contribution < -0.4 is 0 Å². The van der Waals surface area contributed by atoms with Gasteiger partial charge in [0.05, 0.1) is 13.2 Å². The molecule has 0 saturated carbocycles. The molecule has 0 unspecified atom stereocenters. The van der Waals surface area contributed by atoms with Crippen LogP contribution in [0.2, 0.25) is 0 Å². The predicted octanol–water partition coefficient (Wildman–Crippen LogP) is -2.32. The molecule has 0 radical (unpaired) electrons. The van der Waals surface area contributed by atoms with Gasteiger partial charge >= 0.3 is 0 Å². The normalized spacial score (nSPS) is 48.5. The van der Waals surface area contributed by atoms with Crippen LogP contribution in [0.15, 0.2) is 0 Å². The number of fused-ring (bicyclic) bond motifs is 1. The van der Waals surface area contributed by atoms with Gasteiger partial charge in [-0.2, -0.15) is 0 Å².